The van der Waals surface area contributed by atoms with Crippen LogP contribution in [0.3, 0.4) is 0 Å². The Morgan fingerprint density at radius 1 is 1.27 bits per heavy atom. The average Bonchev–Trinajstić information content (AvgIpc) is 2.52. The average molecular weight is 299 g/mol. The molecule has 1 amide bonds. The Morgan fingerprint density at radius 2 is 1.95 bits per heavy atom. The fraction of sp³-hybridized carbons (Fsp3) is 0.375. The van der Waals surface area contributed by atoms with Crippen LogP contribution in [-0.4, -0.2) is 26.9 Å². The van der Waals surface area contributed by atoms with E-state index in [1.807, 2.05) is 39.0 Å². The lowest BCUT2D eigenvalue weighted by Gasteiger charge is -2.20. The van der Waals surface area contributed by atoms with E-state index in [1.54, 1.807) is 12.4 Å². The summed E-state index contributed by atoms with van der Waals surface area (Å²) in [7, 11) is 0. The highest BCUT2D eigenvalue weighted by Gasteiger charge is 2.20. The third-order valence-electron chi connectivity index (χ3n) is 3.36. The lowest BCUT2D eigenvalue weighted by Crippen LogP contribution is -2.39. The summed E-state index contributed by atoms with van der Waals surface area (Å²) in [5.41, 5.74) is 7.23. The molecule has 1 unspecified atom stereocenters. The van der Waals surface area contributed by atoms with Gasteiger partial charge in [0.1, 0.15) is 11.9 Å². The van der Waals surface area contributed by atoms with E-state index >= 15 is 0 Å². The first-order valence-corrected chi connectivity index (χ1v) is 7.35. The van der Waals surface area contributed by atoms with Gasteiger partial charge in [0.2, 0.25) is 5.91 Å². The zero-order valence-corrected chi connectivity index (χ0v) is 13.1. The molecule has 0 bridgehead atoms. The van der Waals surface area contributed by atoms with E-state index in [0.29, 0.717) is 11.6 Å². The van der Waals surface area contributed by atoms with Crippen LogP contribution in [0.2, 0.25) is 0 Å². The highest BCUT2D eigenvalue weighted by molar-refractivity contribution is 5.83. The lowest BCUT2D eigenvalue weighted by atomic mass is 10.0. The molecule has 0 fully saturated rings. The summed E-state index contributed by atoms with van der Waals surface area (Å²) in [5.74, 6) is 0.895. The van der Waals surface area contributed by atoms with Crippen molar-refractivity contribution in [2.45, 2.75) is 33.2 Å². The number of anilines is 1. The van der Waals surface area contributed by atoms with Crippen LogP contribution in [0, 0.1) is 5.92 Å². The fourth-order valence-electron chi connectivity index (χ4n) is 2.11. The van der Waals surface area contributed by atoms with Crippen molar-refractivity contribution in [3.05, 3.63) is 36.3 Å². The number of nitrogens with zero attached hydrogens (tertiary/aromatic N) is 3. The molecule has 1 atom stereocenters. The van der Waals surface area contributed by atoms with Gasteiger partial charge in [-0.05, 0) is 24.5 Å². The van der Waals surface area contributed by atoms with Gasteiger partial charge in [-0.1, -0.05) is 20.8 Å². The number of pyridine rings is 1. The molecule has 0 spiro atoms. The Kier molecular flexibility index (Phi) is 5.04. The normalized spacial score (nSPS) is 12.2. The minimum Gasteiger partial charge on any atom is -0.368 e. The topological polar surface area (TPSA) is 93.8 Å². The lowest BCUT2D eigenvalue weighted by molar-refractivity contribution is -0.119. The number of hydrogen-bond acceptors (Lipinski definition) is 5. The molecule has 2 aromatic rings. The molecule has 116 valence electrons. The molecule has 0 radical (unpaired) electrons. The van der Waals surface area contributed by atoms with Gasteiger partial charge in [-0.15, -0.1) is 0 Å². The Morgan fingerprint density at radius 3 is 2.50 bits per heavy atom. The van der Waals surface area contributed by atoms with E-state index < -0.39 is 11.9 Å². The third-order valence-corrected chi connectivity index (χ3v) is 3.36. The van der Waals surface area contributed by atoms with Crippen LogP contribution >= 0.6 is 0 Å². The predicted molar refractivity (Wildman–Crippen MR) is 86.1 cm³/mol. The van der Waals surface area contributed by atoms with Crippen molar-refractivity contribution in [1.82, 2.24) is 15.0 Å². The Bertz CT molecular complexity index is 642. The summed E-state index contributed by atoms with van der Waals surface area (Å²) in [6.07, 6.45) is 4.17. The number of aryl methyl sites for hydroxylation is 1. The quantitative estimate of drug-likeness (QED) is 0.851. The molecule has 2 heterocycles. The number of carbonyl (C=O) groups is 1. The van der Waals surface area contributed by atoms with Gasteiger partial charge in [0.15, 0.2) is 5.82 Å². The second kappa shape index (κ2) is 6.98. The van der Waals surface area contributed by atoms with Gasteiger partial charge >= 0.3 is 0 Å². The van der Waals surface area contributed by atoms with Crippen LogP contribution in [0.5, 0.6) is 0 Å². The van der Waals surface area contributed by atoms with Crippen LogP contribution in [0.15, 0.2) is 30.6 Å². The molecule has 0 aromatic carbocycles. The summed E-state index contributed by atoms with van der Waals surface area (Å²) in [5, 5.41) is 3.12. The second-order valence-electron chi connectivity index (χ2n) is 5.43. The van der Waals surface area contributed by atoms with Crippen molar-refractivity contribution in [2.75, 3.05) is 5.32 Å². The number of nitrogens with one attached hydrogen (secondary N) is 1. The Balaban J connectivity index is 2.38. The molecular weight excluding hydrogens is 278 g/mol. The number of carbonyl (C=O) groups excluding carboxylic acids is 1. The van der Waals surface area contributed by atoms with E-state index in [-0.39, 0.29) is 5.92 Å². The molecule has 2 rings (SSSR count). The van der Waals surface area contributed by atoms with E-state index in [4.69, 9.17) is 5.73 Å². The minimum atomic E-state index is -0.468. The van der Waals surface area contributed by atoms with Gasteiger partial charge in [-0.3, -0.25) is 9.78 Å². The molecule has 0 aliphatic rings. The number of primary amides is 1. The summed E-state index contributed by atoms with van der Waals surface area (Å²) in [6.45, 7) is 5.90. The molecule has 6 nitrogen and oxygen atoms in total. The monoisotopic (exact) mass is 299 g/mol. The maximum atomic E-state index is 11.6. The number of nitrogens with two attached hydrogens (primary N) is 1. The molecule has 0 aliphatic carbocycles. The SMILES string of the molecule is CCc1cc(NC(C(N)=O)C(C)C)nc(-c2ccncc2)n1. The molecule has 6 heteroatoms. The summed E-state index contributed by atoms with van der Waals surface area (Å²) >= 11 is 0. The maximum Gasteiger partial charge on any atom is 0.240 e. The van der Waals surface area contributed by atoms with Crippen molar-refractivity contribution >= 4 is 11.7 Å². The largest absolute Gasteiger partial charge is 0.368 e. The minimum absolute atomic E-state index is 0.0712. The molecule has 0 saturated heterocycles. The van der Waals surface area contributed by atoms with Gasteiger partial charge in [0.05, 0.1) is 0 Å². The summed E-state index contributed by atoms with van der Waals surface area (Å²) < 4.78 is 0. The molecule has 2 aromatic heterocycles. The van der Waals surface area contributed by atoms with Crippen LogP contribution < -0.4 is 11.1 Å². The highest BCUT2D eigenvalue weighted by Crippen LogP contribution is 2.19. The van der Waals surface area contributed by atoms with Crippen molar-refractivity contribution in [3.8, 4) is 11.4 Å². The first-order chi connectivity index (χ1) is 10.5. The molecule has 3 N–H and O–H groups in total. The fourth-order valence-corrected chi connectivity index (χ4v) is 2.11. The van der Waals surface area contributed by atoms with Crippen molar-refractivity contribution in [3.63, 3.8) is 0 Å². The van der Waals surface area contributed by atoms with Crippen LogP contribution in [0.1, 0.15) is 26.5 Å². The zero-order valence-electron chi connectivity index (χ0n) is 13.1. The van der Waals surface area contributed by atoms with E-state index in [9.17, 15) is 4.79 Å². The number of rotatable bonds is 6. The predicted octanol–water partition coefficient (Wildman–Crippen LogP) is 2.02. The molecular formula is C16H21N5O. The Hall–Kier alpha value is -2.50. The van der Waals surface area contributed by atoms with Gasteiger partial charge in [0, 0.05) is 29.7 Å². The highest BCUT2D eigenvalue weighted by atomic mass is 16.1. The van der Waals surface area contributed by atoms with Crippen LogP contribution in [-0.2, 0) is 11.2 Å². The maximum absolute atomic E-state index is 11.6. The summed E-state index contributed by atoms with van der Waals surface area (Å²) in [6, 6.07) is 5.09. The van der Waals surface area contributed by atoms with Crippen LogP contribution in [0.25, 0.3) is 11.4 Å². The number of amides is 1. The van der Waals surface area contributed by atoms with Crippen molar-refractivity contribution < 1.29 is 4.79 Å². The van der Waals surface area contributed by atoms with E-state index in [1.165, 1.54) is 0 Å². The molecule has 22 heavy (non-hydrogen) atoms. The van der Waals surface area contributed by atoms with Gasteiger partial charge in [-0.2, -0.15) is 0 Å². The number of hydrogen-bond donors (Lipinski definition) is 2. The first kappa shape index (κ1) is 15.9. The second-order valence-corrected chi connectivity index (χ2v) is 5.43. The zero-order chi connectivity index (χ0) is 16.1. The van der Waals surface area contributed by atoms with Crippen molar-refractivity contribution in [2.24, 2.45) is 11.7 Å². The van der Waals surface area contributed by atoms with Crippen molar-refractivity contribution in [1.29, 1.82) is 0 Å². The van der Waals surface area contributed by atoms with Gasteiger partial charge in [-0.25, -0.2) is 9.97 Å². The van der Waals surface area contributed by atoms with E-state index in [0.717, 1.165) is 17.7 Å². The van der Waals surface area contributed by atoms with Gasteiger partial charge < -0.3 is 11.1 Å². The van der Waals surface area contributed by atoms with E-state index in [2.05, 4.69) is 20.3 Å². The molecule has 0 saturated carbocycles. The standard InChI is InChI=1S/C16H21N5O/c1-4-12-9-13(20-14(10(2)3)15(17)22)21-16(19-12)11-5-7-18-8-6-11/h5-10,14H,4H2,1-3H3,(H2,17,22)(H,19,20,21). The van der Waals surface area contributed by atoms with Crippen LogP contribution in [0.4, 0.5) is 5.82 Å². The molecule has 0 aliphatic heterocycles. The smallest absolute Gasteiger partial charge is 0.240 e. The summed E-state index contributed by atoms with van der Waals surface area (Å²) in [4.78, 5) is 24.6. The first-order valence-electron chi connectivity index (χ1n) is 7.35. The number of aromatic nitrogens is 3. The Labute approximate surface area is 130 Å². The van der Waals surface area contributed by atoms with Gasteiger partial charge in [0.25, 0.3) is 0 Å². The third kappa shape index (κ3) is 3.78.